The molecule has 0 fully saturated rings. The maximum Gasteiger partial charge on any atom is 0.0756 e. The molecule has 0 aliphatic carbocycles. The Hall–Kier alpha value is -2.97. The van der Waals surface area contributed by atoms with Gasteiger partial charge in [-0.05, 0) is 35.7 Å². The molecule has 2 nitrogen and oxygen atoms in total. The van der Waals surface area contributed by atoms with Crippen LogP contribution in [0.3, 0.4) is 0 Å². The van der Waals surface area contributed by atoms with Crippen LogP contribution in [0.4, 0.5) is 0 Å². The Balaban J connectivity index is 1.72. The number of nitrogens with one attached hydrogen (secondary N) is 1. The largest absolute Gasteiger partial charge is 0.301 e. The van der Waals surface area contributed by atoms with Crippen LogP contribution in [0.1, 0.15) is 28.4 Å². The molecule has 1 heterocycles. The Morgan fingerprint density at radius 2 is 1.50 bits per heavy atom. The number of hydrogen-bond donors (Lipinski definition) is 1. The van der Waals surface area contributed by atoms with Crippen molar-refractivity contribution in [3.8, 4) is 0 Å². The maximum atomic E-state index is 4.94. The highest BCUT2D eigenvalue weighted by molar-refractivity contribution is 5.78. The predicted octanol–water partition coefficient (Wildman–Crippen LogP) is 5.42. The highest BCUT2D eigenvalue weighted by atomic mass is 14.9. The first-order valence-electron chi connectivity index (χ1n) is 9.00. The minimum Gasteiger partial charge on any atom is -0.301 e. The molecule has 1 atom stereocenters. The van der Waals surface area contributed by atoms with Gasteiger partial charge in [0.2, 0.25) is 0 Å². The van der Waals surface area contributed by atoms with Crippen LogP contribution in [0.25, 0.3) is 10.9 Å². The van der Waals surface area contributed by atoms with E-state index in [1.165, 1.54) is 22.1 Å². The van der Waals surface area contributed by atoms with Crippen molar-refractivity contribution >= 4 is 10.9 Å². The van der Waals surface area contributed by atoms with E-state index in [1.54, 1.807) is 0 Å². The van der Waals surface area contributed by atoms with Crippen LogP contribution in [0, 0.1) is 6.92 Å². The molecule has 2 heteroatoms. The summed E-state index contributed by atoms with van der Waals surface area (Å²) in [5.74, 6) is 0. The molecule has 4 rings (SSSR count). The number of para-hydroxylation sites is 1. The van der Waals surface area contributed by atoms with Crippen LogP contribution in [-0.2, 0) is 6.54 Å². The monoisotopic (exact) mass is 338 g/mol. The summed E-state index contributed by atoms with van der Waals surface area (Å²) in [5.41, 5.74) is 5.89. The Bertz CT molecular complexity index is 1010. The Morgan fingerprint density at radius 1 is 0.769 bits per heavy atom. The van der Waals surface area contributed by atoms with Gasteiger partial charge in [0.25, 0.3) is 0 Å². The number of nitrogens with zero attached hydrogens (tertiary/aromatic N) is 1. The third-order valence-corrected chi connectivity index (χ3v) is 4.77. The van der Waals surface area contributed by atoms with Gasteiger partial charge in [-0.3, -0.25) is 4.98 Å². The van der Waals surface area contributed by atoms with Crippen molar-refractivity contribution < 1.29 is 0 Å². The lowest BCUT2D eigenvalue weighted by Crippen LogP contribution is -2.23. The van der Waals surface area contributed by atoms with Crippen LogP contribution >= 0.6 is 0 Å². The van der Waals surface area contributed by atoms with Gasteiger partial charge in [-0.2, -0.15) is 0 Å². The second kappa shape index (κ2) is 7.51. The van der Waals surface area contributed by atoms with Crippen LogP contribution in [0.2, 0.25) is 0 Å². The molecular formula is C24H22N2. The first kappa shape index (κ1) is 16.5. The van der Waals surface area contributed by atoms with Gasteiger partial charge in [-0.25, -0.2) is 0 Å². The average molecular weight is 338 g/mol. The van der Waals surface area contributed by atoms with Crippen molar-refractivity contribution in [1.82, 2.24) is 10.3 Å². The second-order valence-electron chi connectivity index (χ2n) is 6.58. The maximum absolute atomic E-state index is 4.94. The molecule has 1 N–H and O–H groups in total. The third-order valence-electron chi connectivity index (χ3n) is 4.77. The first-order chi connectivity index (χ1) is 12.8. The van der Waals surface area contributed by atoms with Crippen molar-refractivity contribution in [3.63, 3.8) is 0 Å². The molecule has 3 aromatic carbocycles. The lowest BCUT2D eigenvalue weighted by atomic mass is 9.97. The van der Waals surface area contributed by atoms with E-state index < -0.39 is 0 Å². The van der Waals surface area contributed by atoms with E-state index in [9.17, 15) is 0 Å². The predicted molar refractivity (Wildman–Crippen MR) is 108 cm³/mol. The van der Waals surface area contributed by atoms with Crippen LogP contribution in [0.5, 0.6) is 0 Å². The zero-order chi connectivity index (χ0) is 17.8. The summed E-state index contributed by atoms with van der Waals surface area (Å²) in [6.07, 6.45) is 0. The van der Waals surface area contributed by atoms with E-state index >= 15 is 0 Å². The topological polar surface area (TPSA) is 24.9 Å². The van der Waals surface area contributed by atoms with Gasteiger partial charge in [0.1, 0.15) is 0 Å². The van der Waals surface area contributed by atoms with E-state index in [-0.39, 0.29) is 6.04 Å². The lowest BCUT2D eigenvalue weighted by molar-refractivity contribution is 0.591. The van der Waals surface area contributed by atoms with E-state index in [0.29, 0.717) is 0 Å². The van der Waals surface area contributed by atoms with Crippen molar-refractivity contribution in [2.75, 3.05) is 0 Å². The highest BCUT2D eigenvalue weighted by Gasteiger charge is 2.17. The van der Waals surface area contributed by atoms with Crippen molar-refractivity contribution in [3.05, 3.63) is 113 Å². The molecule has 1 aromatic heterocycles. The van der Waals surface area contributed by atoms with Gasteiger partial charge < -0.3 is 5.32 Å². The number of fused-ring (bicyclic) bond motifs is 1. The Labute approximate surface area is 154 Å². The smallest absolute Gasteiger partial charge is 0.0756 e. The summed E-state index contributed by atoms with van der Waals surface area (Å²) in [4.78, 5) is 4.94. The lowest BCUT2D eigenvalue weighted by Gasteiger charge is -2.21. The van der Waals surface area contributed by atoms with Crippen LogP contribution in [0.15, 0.2) is 91.0 Å². The molecule has 0 bridgehead atoms. The van der Waals surface area contributed by atoms with Crippen LogP contribution in [-0.4, -0.2) is 4.98 Å². The summed E-state index contributed by atoms with van der Waals surface area (Å²) in [5, 5.41) is 4.88. The molecule has 0 saturated heterocycles. The number of benzene rings is 3. The van der Waals surface area contributed by atoms with Gasteiger partial charge in [0, 0.05) is 11.9 Å². The van der Waals surface area contributed by atoms with E-state index in [4.69, 9.17) is 4.98 Å². The molecule has 128 valence electrons. The minimum atomic E-state index is 0.0565. The second-order valence-corrected chi connectivity index (χ2v) is 6.58. The fourth-order valence-electron chi connectivity index (χ4n) is 3.34. The number of aryl methyl sites for hydroxylation is 1. The summed E-state index contributed by atoms with van der Waals surface area (Å²) in [6.45, 7) is 2.96. The molecule has 4 aromatic rings. The number of rotatable bonds is 5. The fourth-order valence-corrected chi connectivity index (χ4v) is 3.34. The van der Waals surface area contributed by atoms with Gasteiger partial charge in [-0.1, -0.05) is 78.9 Å². The van der Waals surface area contributed by atoms with E-state index in [1.807, 2.05) is 12.1 Å². The molecular weight excluding hydrogens is 316 g/mol. The zero-order valence-electron chi connectivity index (χ0n) is 14.9. The Morgan fingerprint density at radius 3 is 2.35 bits per heavy atom. The van der Waals surface area contributed by atoms with Crippen molar-refractivity contribution in [2.24, 2.45) is 0 Å². The number of aromatic nitrogens is 1. The summed E-state index contributed by atoms with van der Waals surface area (Å²) < 4.78 is 0. The first-order valence-corrected chi connectivity index (χ1v) is 9.00. The molecule has 0 aliphatic heterocycles. The average Bonchev–Trinajstić information content (AvgIpc) is 2.70. The number of pyridine rings is 1. The molecule has 0 radical (unpaired) electrons. The van der Waals surface area contributed by atoms with E-state index in [2.05, 4.69) is 91.1 Å². The Kier molecular flexibility index (Phi) is 4.76. The van der Waals surface area contributed by atoms with E-state index in [0.717, 1.165) is 17.8 Å². The summed E-state index contributed by atoms with van der Waals surface area (Å²) in [6, 6.07) is 31.7. The standard InChI is InChI=1S/C24H22N2/c1-18-9-5-7-13-21(18)24(25-17-19-10-3-2-4-11-19)23-16-15-20-12-6-8-14-22(20)26-23/h2-16,24-25H,17H2,1H3. The summed E-state index contributed by atoms with van der Waals surface area (Å²) >= 11 is 0. The minimum absolute atomic E-state index is 0.0565. The van der Waals surface area contributed by atoms with Gasteiger partial charge in [-0.15, -0.1) is 0 Å². The molecule has 1 unspecified atom stereocenters. The normalized spacial score (nSPS) is 12.2. The zero-order valence-corrected chi connectivity index (χ0v) is 14.9. The molecule has 0 amide bonds. The molecule has 0 spiro atoms. The molecule has 26 heavy (non-hydrogen) atoms. The summed E-state index contributed by atoms with van der Waals surface area (Å²) in [7, 11) is 0. The van der Waals surface area contributed by atoms with Crippen molar-refractivity contribution in [1.29, 1.82) is 0 Å². The van der Waals surface area contributed by atoms with Crippen LogP contribution < -0.4 is 5.32 Å². The van der Waals surface area contributed by atoms with Gasteiger partial charge in [0.05, 0.1) is 17.3 Å². The quantitative estimate of drug-likeness (QED) is 0.525. The number of hydrogen-bond acceptors (Lipinski definition) is 2. The van der Waals surface area contributed by atoms with Gasteiger partial charge >= 0.3 is 0 Å². The SMILES string of the molecule is Cc1ccccc1C(NCc1ccccc1)c1ccc2ccccc2n1. The third kappa shape index (κ3) is 3.51. The fraction of sp³-hybridized carbons (Fsp3) is 0.125. The van der Waals surface area contributed by atoms with Gasteiger partial charge in [0.15, 0.2) is 0 Å². The molecule has 0 saturated carbocycles. The highest BCUT2D eigenvalue weighted by Crippen LogP contribution is 2.26. The molecule has 0 aliphatic rings. The van der Waals surface area contributed by atoms with Crippen molar-refractivity contribution in [2.45, 2.75) is 19.5 Å².